The summed E-state index contributed by atoms with van der Waals surface area (Å²) in [5, 5.41) is 50.8. The quantitative estimate of drug-likeness (QED) is 0.0157. The van der Waals surface area contributed by atoms with Gasteiger partial charge < -0.3 is 118 Å². The van der Waals surface area contributed by atoms with Gasteiger partial charge in [-0.25, -0.2) is 0 Å². The van der Waals surface area contributed by atoms with Crippen molar-refractivity contribution in [2.75, 3.05) is 39.3 Å². The van der Waals surface area contributed by atoms with Crippen molar-refractivity contribution >= 4 is 144 Å². The molecule has 12 atom stereocenters. The first-order chi connectivity index (χ1) is 59.9. The van der Waals surface area contributed by atoms with Crippen LogP contribution in [-0.2, 0) is 101 Å². The number of ether oxygens (including phenoxy) is 1. The second kappa shape index (κ2) is 49.8. The third-order valence-corrected chi connectivity index (χ3v) is 25.3. The molecule has 0 aliphatic carbocycles. The van der Waals surface area contributed by atoms with Gasteiger partial charge in [-0.05, 0) is 158 Å². The summed E-state index contributed by atoms with van der Waals surface area (Å²) in [4.78, 5) is 244. The molecule has 0 saturated carbocycles. The molecule has 0 bridgehead atoms. The number of rotatable bonds is 43. The van der Waals surface area contributed by atoms with Gasteiger partial charge in [0.2, 0.25) is 100 Å². The molecule has 127 heavy (non-hydrogen) atoms. The van der Waals surface area contributed by atoms with E-state index in [1.54, 1.807) is 66.9 Å². The molecule has 694 valence electrons. The second-order valence-electron chi connectivity index (χ2n) is 32.8. The number of aryl methyl sites for hydroxylation is 1. The lowest BCUT2D eigenvalue weighted by molar-refractivity contribution is -0.138. The van der Waals surface area contributed by atoms with Gasteiger partial charge in [0, 0.05) is 99.2 Å². The van der Waals surface area contributed by atoms with Gasteiger partial charge in [0.15, 0.2) is 0 Å². The number of hydrogen-bond donors (Lipinski definition) is 21. The van der Waals surface area contributed by atoms with E-state index in [0.29, 0.717) is 39.8 Å². The second-order valence-corrected chi connectivity index (χ2v) is 36.3. The molecule has 26 N–H and O–H groups in total. The van der Waals surface area contributed by atoms with E-state index in [1.165, 1.54) is 48.5 Å². The van der Waals surface area contributed by atoms with Crippen LogP contribution in [-0.4, -0.2) is 231 Å². The normalized spacial score (nSPS) is 19.1. The minimum atomic E-state index is -2.01. The maximum atomic E-state index is 16.3. The third-order valence-electron chi connectivity index (χ3n) is 21.0. The molecule has 1 aromatic heterocycles. The Morgan fingerprint density at radius 3 is 1.79 bits per heavy atom. The van der Waals surface area contributed by atoms with Crippen LogP contribution < -0.4 is 108 Å². The Morgan fingerprint density at radius 2 is 1.16 bits per heavy atom. The van der Waals surface area contributed by atoms with E-state index in [2.05, 4.69) is 79.4 Å². The largest absolute Gasteiger partial charge is 0.492 e. The van der Waals surface area contributed by atoms with Crippen LogP contribution in [0.5, 0.6) is 5.75 Å². The number of primary amides is 3. The predicted octanol–water partition coefficient (Wildman–Crippen LogP) is -1.45. The molecule has 0 spiro atoms. The first-order valence-electron chi connectivity index (χ1n) is 42.1. The minimum absolute atomic E-state index is 0.110. The van der Waals surface area contributed by atoms with Gasteiger partial charge in [-0.2, -0.15) is 0 Å². The van der Waals surface area contributed by atoms with E-state index >= 15 is 28.8 Å². The monoisotopic (exact) mass is 1800 g/mol. The molecule has 6 rings (SSSR count). The van der Waals surface area contributed by atoms with Crippen molar-refractivity contribution in [3.05, 3.63) is 113 Å². The van der Waals surface area contributed by atoms with Gasteiger partial charge in [-0.3, -0.25) is 81.5 Å². The molecule has 1 fully saturated rings. The summed E-state index contributed by atoms with van der Waals surface area (Å²) >= 11 is 0. The molecular weight excluding hydrogens is 1680 g/mol. The Kier molecular flexibility index (Phi) is 40.7. The van der Waals surface area contributed by atoms with Crippen LogP contribution in [0, 0.1) is 6.92 Å². The number of nitrogens with one attached hydrogen (secondary N) is 15. The maximum absolute atomic E-state index is 16.3. The van der Waals surface area contributed by atoms with Gasteiger partial charge in [0.1, 0.15) is 78.3 Å². The van der Waals surface area contributed by atoms with Crippen LogP contribution in [0.2, 0.25) is 0 Å². The van der Waals surface area contributed by atoms with Gasteiger partial charge >= 0.3 is 0 Å². The number of H-pyrrole nitrogens is 1. The topological polar surface area (TPSA) is 634 Å². The van der Waals surface area contributed by atoms with E-state index < -0.39 is 183 Å². The standard InChI is InChI=1S/C86H124N20O19S2/c1-47-20-19-23-58-56(46-95-69(47)58)43-63-77(118)97-59(24-13-17-36-92-49(3)108)75(116)105-72(85(8,9)127-126-84(6,7)71(96-51(5)110)81(122)102-65(45-68(91)113)78(119)104-70(48(2)107)80(121)100-63)82(123)101-61(41-52-27-30-57(31-28-52)125-39-35-88)76(117)98-62(42-53-26-29-54-21-11-12-22-55(54)40-53)79(120)106-86(10,33-15-16-34-87)83(124)103-60(25-14-18-37-93-50(4)109)74(115)99-64(44-67(90)112)73(114)94-38-32-66(89)111/h11-12,19-23,26-31,40,46,48,59-65,70-72,95,107H,13-18,24-25,32-39,41-45,87-88H2,1-10H3,(H2,89,111)(H2,90,112)(H2,91,113)(H,92,108)(H,93,109)(H,94,114)(H,96,110)(H,97,118)(H,98,117)(H,99,115)(H,100,121)(H,101,123)(H,102,122)(H,103,124)(H,104,119)(H,105,116)(H,106,120)/t48-,59+,60+,61+,62+,63+,64+,65+,70+,71-,72-,86?/m1/s1. The van der Waals surface area contributed by atoms with E-state index in [1.807, 2.05) is 31.2 Å². The Bertz CT molecular complexity index is 4740. The Balaban J connectivity index is 1.54. The predicted molar refractivity (Wildman–Crippen MR) is 478 cm³/mol. The molecule has 1 aliphatic rings. The molecular formula is C86H124N20O19S2. The van der Waals surface area contributed by atoms with Crippen molar-refractivity contribution in [2.45, 2.75) is 247 Å². The van der Waals surface area contributed by atoms with Gasteiger partial charge in [-0.15, -0.1) is 0 Å². The highest BCUT2D eigenvalue weighted by molar-refractivity contribution is 8.77. The van der Waals surface area contributed by atoms with Crippen LogP contribution in [0.3, 0.4) is 0 Å². The first-order valence-corrected chi connectivity index (χ1v) is 44.2. The number of carbonyl (C=O) groups is 17. The Hall–Kier alpha value is -11.9. The maximum Gasteiger partial charge on any atom is 0.246 e. The lowest BCUT2D eigenvalue weighted by Gasteiger charge is -2.39. The van der Waals surface area contributed by atoms with Crippen molar-refractivity contribution in [3.8, 4) is 5.75 Å². The number of unbranched alkanes of at least 4 members (excludes halogenated alkanes) is 3. The summed E-state index contributed by atoms with van der Waals surface area (Å²) in [7, 11) is 1.82. The third kappa shape index (κ3) is 33.4. The minimum Gasteiger partial charge on any atom is -0.492 e. The van der Waals surface area contributed by atoms with E-state index in [4.69, 9.17) is 33.4 Å². The number of aliphatic hydroxyl groups excluding tert-OH is 1. The highest BCUT2D eigenvalue weighted by Gasteiger charge is 2.47. The SMILES string of the molecule is CC(=O)NCCCC[C@@H]1NC(=O)[C@H](Cc2c[nH]c3c(C)cccc23)NC(=O)[C@H]([C@@H](C)O)NC(=O)[C@H](CC(N)=O)NC(=O)[C@@H](NC(C)=O)C(C)(C)SSC(C)(C)[C@@H](C(=O)N[C@@H](Cc2ccc(OCCN)cc2)C(=O)N[C@@H](Cc2ccc3ccccc3c2)C(=O)NC(C)(CCCCN)C(=O)N[C@@H](CCCCNC(C)=O)C(=O)N[C@@H](CC(N)=O)C(=O)NCCC(N)=O)NC1=O. The van der Waals surface area contributed by atoms with Crippen molar-refractivity contribution in [3.63, 3.8) is 0 Å². The average molecular weight is 1810 g/mol. The fraction of sp³-hybridized carbons (Fsp3) is 0.523. The smallest absolute Gasteiger partial charge is 0.246 e. The number of aliphatic hydroxyl groups is 1. The van der Waals surface area contributed by atoms with Crippen LogP contribution in [0.4, 0.5) is 0 Å². The molecule has 1 unspecified atom stereocenters. The average Bonchev–Trinajstić information content (AvgIpc) is 1.27. The van der Waals surface area contributed by atoms with Gasteiger partial charge in [0.05, 0.1) is 18.9 Å². The number of fused-ring (bicyclic) bond motifs is 2. The fourth-order valence-corrected chi connectivity index (χ4v) is 16.8. The van der Waals surface area contributed by atoms with Crippen molar-refractivity contribution < 1.29 is 91.4 Å². The van der Waals surface area contributed by atoms with E-state index in [-0.39, 0.29) is 128 Å². The summed E-state index contributed by atoms with van der Waals surface area (Å²) in [6.45, 7) is 14.6. The Morgan fingerprint density at radius 1 is 0.559 bits per heavy atom. The number of amides is 17. The number of nitrogens with two attached hydrogens (primary N) is 5. The fourth-order valence-electron chi connectivity index (χ4n) is 14.0. The zero-order valence-corrected chi connectivity index (χ0v) is 75.0. The number of carbonyl (C=O) groups excluding carboxylic acids is 17. The van der Waals surface area contributed by atoms with Crippen molar-refractivity contribution in [1.82, 2.24) is 79.4 Å². The molecule has 17 amide bonds. The van der Waals surface area contributed by atoms with Gasteiger partial charge in [0.25, 0.3) is 0 Å². The van der Waals surface area contributed by atoms with E-state index in [9.17, 15) is 57.8 Å². The Labute approximate surface area is 744 Å². The summed E-state index contributed by atoms with van der Waals surface area (Å²) < 4.78 is 2.58. The summed E-state index contributed by atoms with van der Waals surface area (Å²) in [5.74, 6) is -15.3. The zero-order chi connectivity index (χ0) is 94.0. The molecule has 5 aromatic rings. The summed E-state index contributed by atoms with van der Waals surface area (Å²) in [6, 6.07) is 7.16. The number of aromatic amines is 1. The molecule has 2 heterocycles. The first kappa shape index (κ1) is 104. The summed E-state index contributed by atoms with van der Waals surface area (Å²) in [6.07, 6.45) is -2.29. The zero-order valence-electron chi connectivity index (χ0n) is 73.4. The van der Waals surface area contributed by atoms with Crippen molar-refractivity contribution in [2.24, 2.45) is 28.7 Å². The van der Waals surface area contributed by atoms with Crippen LogP contribution in [0.25, 0.3) is 21.7 Å². The molecule has 1 aliphatic heterocycles. The highest BCUT2D eigenvalue weighted by atomic mass is 33.1. The molecule has 4 aromatic carbocycles. The summed E-state index contributed by atoms with van der Waals surface area (Å²) in [5.41, 5.74) is 29.1. The molecule has 1 saturated heterocycles. The highest BCUT2D eigenvalue weighted by Crippen LogP contribution is 2.47. The molecule has 39 nitrogen and oxygen atoms in total. The van der Waals surface area contributed by atoms with Crippen molar-refractivity contribution in [1.29, 1.82) is 0 Å². The van der Waals surface area contributed by atoms with Crippen LogP contribution in [0.1, 0.15) is 162 Å². The van der Waals surface area contributed by atoms with Crippen LogP contribution >= 0.6 is 21.6 Å². The number of benzene rings is 4. The van der Waals surface area contributed by atoms with Gasteiger partial charge in [-0.1, -0.05) is 94.4 Å². The lowest BCUT2D eigenvalue weighted by Crippen LogP contribution is -2.65. The van der Waals surface area contributed by atoms with Crippen LogP contribution in [0.15, 0.2) is 91.1 Å². The van der Waals surface area contributed by atoms with E-state index in [0.717, 1.165) is 51.8 Å². The number of para-hydroxylation sites is 1. The lowest BCUT2D eigenvalue weighted by atomic mass is 9.91. The number of hydrogen-bond acceptors (Lipinski definition) is 23. The number of aromatic nitrogens is 1. The molecule has 0 radical (unpaired) electrons. The molecule has 41 heteroatoms.